The van der Waals surface area contributed by atoms with Crippen LogP contribution in [0, 0.1) is 0 Å². The van der Waals surface area contributed by atoms with E-state index in [4.69, 9.17) is 10.5 Å². The highest BCUT2D eigenvalue weighted by molar-refractivity contribution is 7.99. The molecule has 19 heavy (non-hydrogen) atoms. The number of ether oxygens (including phenoxy) is 1. The molecule has 5 heteroatoms. The van der Waals surface area contributed by atoms with Crippen LogP contribution in [0.2, 0.25) is 0 Å². The molecule has 4 nitrogen and oxygen atoms in total. The van der Waals surface area contributed by atoms with Gasteiger partial charge in [-0.15, -0.1) is 0 Å². The van der Waals surface area contributed by atoms with Crippen molar-refractivity contribution in [2.75, 3.05) is 24.3 Å². The van der Waals surface area contributed by atoms with Gasteiger partial charge in [0.15, 0.2) is 0 Å². The molecule has 0 aliphatic carbocycles. The maximum Gasteiger partial charge on any atom is 0.201 e. The van der Waals surface area contributed by atoms with E-state index < -0.39 is 0 Å². The summed E-state index contributed by atoms with van der Waals surface area (Å²) in [5, 5.41) is 0. The van der Waals surface area contributed by atoms with Crippen LogP contribution in [0.1, 0.15) is 26.3 Å². The van der Waals surface area contributed by atoms with Gasteiger partial charge in [0.2, 0.25) is 5.95 Å². The van der Waals surface area contributed by atoms with Crippen LogP contribution in [0.3, 0.4) is 0 Å². The first-order valence-electron chi connectivity index (χ1n) is 6.56. The van der Waals surface area contributed by atoms with Crippen LogP contribution >= 0.6 is 11.8 Å². The van der Waals surface area contributed by atoms with Crippen LogP contribution < -0.4 is 10.5 Å². The van der Waals surface area contributed by atoms with Gasteiger partial charge in [0.25, 0.3) is 0 Å². The van der Waals surface area contributed by atoms with Gasteiger partial charge < -0.3 is 15.0 Å². The van der Waals surface area contributed by atoms with Gasteiger partial charge in [-0.05, 0) is 37.0 Å². The Morgan fingerprint density at radius 3 is 2.95 bits per heavy atom. The third-order valence-electron chi connectivity index (χ3n) is 3.25. The third kappa shape index (κ3) is 2.97. The lowest BCUT2D eigenvalue weighted by molar-refractivity contribution is 0.415. The molecule has 0 saturated carbocycles. The van der Waals surface area contributed by atoms with Crippen molar-refractivity contribution in [2.45, 2.75) is 26.3 Å². The van der Waals surface area contributed by atoms with E-state index in [0.717, 1.165) is 34.7 Å². The smallest absolute Gasteiger partial charge is 0.201 e. The Hall–Kier alpha value is -1.36. The first-order valence-corrected chi connectivity index (χ1v) is 7.72. The number of hydrogen-bond donors (Lipinski definition) is 1. The summed E-state index contributed by atoms with van der Waals surface area (Å²) >= 11 is 1.95. The van der Waals surface area contributed by atoms with Gasteiger partial charge in [-0.25, -0.2) is 4.98 Å². The minimum Gasteiger partial charge on any atom is -0.497 e. The molecule has 2 N–H and O–H groups in total. The Balaban J connectivity index is 2.32. The molecule has 0 aliphatic rings. The first-order chi connectivity index (χ1) is 9.17. The zero-order valence-electron chi connectivity index (χ0n) is 11.7. The fourth-order valence-corrected chi connectivity index (χ4v) is 3.01. The van der Waals surface area contributed by atoms with E-state index in [2.05, 4.69) is 23.4 Å². The van der Waals surface area contributed by atoms with E-state index in [1.54, 1.807) is 7.11 Å². The van der Waals surface area contributed by atoms with Crippen LogP contribution in [0.15, 0.2) is 18.2 Å². The van der Waals surface area contributed by atoms with Gasteiger partial charge in [0.1, 0.15) is 5.75 Å². The third-order valence-corrected chi connectivity index (χ3v) is 4.18. The topological polar surface area (TPSA) is 53.1 Å². The number of fused-ring (bicyclic) bond motifs is 1. The molecule has 0 aliphatic heterocycles. The van der Waals surface area contributed by atoms with Crippen LogP contribution in [0.5, 0.6) is 5.75 Å². The molecular formula is C14H21N3OS. The fraction of sp³-hybridized carbons (Fsp3) is 0.500. The van der Waals surface area contributed by atoms with Crippen molar-refractivity contribution in [3.05, 3.63) is 18.2 Å². The molecule has 0 amide bonds. The second-order valence-electron chi connectivity index (χ2n) is 4.53. The Bertz CT molecular complexity index is 553. The summed E-state index contributed by atoms with van der Waals surface area (Å²) in [4.78, 5) is 4.42. The zero-order chi connectivity index (χ0) is 13.8. The molecule has 1 heterocycles. The maximum absolute atomic E-state index is 6.05. The second kappa shape index (κ2) is 6.19. The number of imidazole rings is 1. The predicted octanol–water partition coefficient (Wildman–Crippen LogP) is 3.33. The highest BCUT2D eigenvalue weighted by atomic mass is 32.2. The monoisotopic (exact) mass is 279 g/mol. The molecule has 0 radical (unpaired) electrons. The lowest BCUT2D eigenvalue weighted by Crippen LogP contribution is -2.09. The van der Waals surface area contributed by atoms with Gasteiger partial charge in [-0.3, -0.25) is 0 Å². The average molecular weight is 279 g/mol. The summed E-state index contributed by atoms with van der Waals surface area (Å²) in [6.07, 6.45) is 1.09. The number of anilines is 1. The number of aromatic nitrogens is 2. The molecule has 104 valence electrons. The number of benzene rings is 1. The molecule has 1 aromatic heterocycles. The highest BCUT2D eigenvalue weighted by Gasteiger charge is 2.14. The summed E-state index contributed by atoms with van der Waals surface area (Å²) < 4.78 is 7.38. The molecule has 1 aromatic carbocycles. The minimum absolute atomic E-state index is 0.344. The zero-order valence-corrected chi connectivity index (χ0v) is 12.5. The first kappa shape index (κ1) is 14.1. The van der Waals surface area contributed by atoms with Gasteiger partial charge in [-0.2, -0.15) is 11.8 Å². The Morgan fingerprint density at radius 2 is 2.26 bits per heavy atom. The van der Waals surface area contributed by atoms with Crippen molar-refractivity contribution < 1.29 is 4.74 Å². The van der Waals surface area contributed by atoms with Gasteiger partial charge >= 0.3 is 0 Å². The number of methoxy groups -OCH3 is 1. The van der Waals surface area contributed by atoms with Crippen molar-refractivity contribution in [1.82, 2.24) is 9.55 Å². The number of nitrogen functional groups attached to an aromatic ring is 1. The maximum atomic E-state index is 6.05. The molecule has 0 fully saturated rings. The predicted molar refractivity (Wildman–Crippen MR) is 83.0 cm³/mol. The fourth-order valence-electron chi connectivity index (χ4n) is 2.21. The molecule has 1 atom stereocenters. The molecular weight excluding hydrogens is 258 g/mol. The number of nitrogens with two attached hydrogens (primary N) is 1. The van der Waals surface area contributed by atoms with E-state index >= 15 is 0 Å². The van der Waals surface area contributed by atoms with Gasteiger partial charge in [0.05, 0.1) is 18.1 Å². The molecule has 1 unspecified atom stereocenters. The number of rotatable bonds is 6. The van der Waals surface area contributed by atoms with Crippen molar-refractivity contribution in [2.24, 2.45) is 0 Å². The van der Waals surface area contributed by atoms with E-state index in [0.29, 0.717) is 12.0 Å². The average Bonchev–Trinajstić information content (AvgIpc) is 2.73. The summed E-state index contributed by atoms with van der Waals surface area (Å²) in [6.45, 7) is 4.37. The van der Waals surface area contributed by atoms with Gasteiger partial charge in [0, 0.05) is 12.1 Å². The van der Waals surface area contributed by atoms with Crippen LogP contribution in [-0.4, -0.2) is 28.2 Å². The van der Waals surface area contributed by atoms with Crippen molar-refractivity contribution in [3.8, 4) is 5.75 Å². The molecule has 0 saturated heterocycles. The molecule has 2 rings (SSSR count). The Kier molecular flexibility index (Phi) is 4.58. The summed E-state index contributed by atoms with van der Waals surface area (Å²) in [5.74, 6) is 3.71. The molecule has 0 spiro atoms. The van der Waals surface area contributed by atoms with E-state index in [1.807, 2.05) is 30.0 Å². The van der Waals surface area contributed by atoms with Crippen molar-refractivity contribution >= 4 is 28.7 Å². The number of thioether (sulfide) groups is 1. The normalized spacial score (nSPS) is 12.8. The van der Waals surface area contributed by atoms with E-state index in [1.165, 1.54) is 0 Å². The number of hydrogen-bond acceptors (Lipinski definition) is 4. The lowest BCUT2D eigenvalue weighted by Gasteiger charge is -2.15. The minimum atomic E-state index is 0.344. The lowest BCUT2D eigenvalue weighted by atomic mass is 10.2. The summed E-state index contributed by atoms with van der Waals surface area (Å²) in [6, 6.07) is 6.21. The quantitative estimate of drug-likeness (QED) is 0.824. The summed E-state index contributed by atoms with van der Waals surface area (Å²) in [5.41, 5.74) is 8.03. The Labute approximate surface area is 118 Å². The van der Waals surface area contributed by atoms with Crippen molar-refractivity contribution in [1.29, 1.82) is 0 Å². The molecule has 2 aromatic rings. The standard InChI is InChI=1S/C14H21N3OS/c1-4-19-8-7-10(2)17-13-9-11(18-3)5-6-12(13)16-14(17)15/h5-6,9-10H,4,7-8H2,1-3H3,(H2,15,16). The van der Waals surface area contributed by atoms with Crippen LogP contribution in [0.4, 0.5) is 5.95 Å². The van der Waals surface area contributed by atoms with E-state index in [-0.39, 0.29) is 0 Å². The van der Waals surface area contributed by atoms with Crippen molar-refractivity contribution in [3.63, 3.8) is 0 Å². The highest BCUT2D eigenvalue weighted by Crippen LogP contribution is 2.28. The number of nitrogens with zero attached hydrogens (tertiary/aromatic N) is 2. The Morgan fingerprint density at radius 1 is 1.47 bits per heavy atom. The largest absolute Gasteiger partial charge is 0.497 e. The molecule has 0 bridgehead atoms. The van der Waals surface area contributed by atoms with Crippen LogP contribution in [-0.2, 0) is 0 Å². The summed E-state index contributed by atoms with van der Waals surface area (Å²) in [7, 11) is 1.67. The SMILES string of the molecule is CCSCCC(C)n1c(N)nc2ccc(OC)cc21. The second-order valence-corrected chi connectivity index (χ2v) is 5.92. The van der Waals surface area contributed by atoms with Gasteiger partial charge in [-0.1, -0.05) is 6.92 Å². The van der Waals surface area contributed by atoms with E-state index in [9.17, 15) is 0 Å². The van der Waals surface area contributed by atoms with Crippen LogP contribution in [0.25, 0.3) is 11.0 Å².